The van der Waals surface area contributed by atoms with Gasteiger partial charge in [-0.1, -0.05) is 84.9 Å². The van der Waals surface area contributed by atoms with Crippen molar-refractivity contribution >= 4 is 70.9 Å². The maximum atomic E-state index is 13.0. The summed E-state index contributed by atoms with van der Waals surface area (Å²) >= 11 is 3.02. The summed E-state index contributed by atoms with van der Waals surface area (Å²) in [4.78, 5) is 102. The number of benzene rings is 5. The van der Waals surface area contributed by atoms with Crippen molar-refractivity contribution in [3.05, 3.63) is 156 Å². The molecule has 2 aliphatic heterocycles. The van der Waals surface area contributed by atoms with Gasteiger partial charge in [0.2, 0.25) is 11.8 Å². The monoisotopic (exact) mass is 1360 g/mol. The molecule has 2 unspecified atom stereocenters. The van der Waals surface area contributed by atoms with Crippen molar-refractivity contribution in [1.29, 1.82) is 0 Å². The van der Waals surface area contributed by atoms with Crippen LogP contribution < -0.4 is 61.5 Å². The van der Waals surface area contributed by atoms with E-state index in [9.17, 15) is 79.2 Å². The number of aliphatic carboxylic acids is 2. The Kier molecular flexibility index (Phi) is 30.6. The zero-order valence-corrected chi connectivity index (χ0v) is 56.9. The summed E-state index contributed by atoms with van der Waals surface area (Å²) in [5, 5.41) is 104. The molecule has 0 aliphatic carbocycles. The number of nitrogens with one attached hydrogen (secondary N) is 6. The molecule has 24 nitrogen and oxygen atoms in total. The van der Waals surface area contributed by atoms with Crippen molar-refractivity contribution in [2.45, 2.75) is 137 Å². The predicted octanol–water partition coefficient (Wildman–Crippen LogP) is 0.551. The van der Waals surface area contributed by atoms with E-state index in [1.165, 1.54) is 61.6 Å². The molecule has 27 heteroatoms. The fraction of sp³-hybridized carbons (Fsp3) is 0.441. The molecule has 95 heavy (non-hydrogen) atoms. The number of aliphatic hydroxyl groups excluding tert-OH is 6. The number of hydrogen-bond donors (Lipinski definition) is 14. The molecule has 7 rings (SSSR count). The Morgan fingerprint density at radius 2 is 0.758 bits per heavy atom. The van der Waals surface area contributed by atoms with Crippen molar-refractivity contribution in [1.82, 2.24) is 31.9 Å². The van der Waals surface area contributed by atoms with Crippen LogP contribution in [0.5, 0.6) is 0 Å². The van der Waals surface area contributed by atoms with Crippen LogP contribution in [0, 0.1) is 0 Å². The minimum atomic E-state index is -1.99. The molecule has 0 aromatic heterocycles. The van der Waals surface area contributed by atoms with Gasteiger partial charge in [-0.15, -0.1) is 0 Å². The van der Waals surface area contributed by atoms with Gasteiger partial charge in [-0.05, 0) is 121 Å². The van der Waals surface area contributed by atoms with Crippen molar-refractivity contribution in [3.63, 3.8) is 0 Å². The second-order valence-corrected chi connectivity index (χ2v) is 25.9. The van der Waals surface area contributed by atoms with E-state index in [4.69, 9.17) is 9.47 Å². The summed E-state index contributed by atoms with van der Waals surface area (Å²) in [5.41, 5.74) is 0.944. The van der Waals surface area contributed by atoms with Gasteiger partial charge in [-0.25, -0.2) is 9.59 Å². The summed E-state index contributed by atoms with van der Waals surface area (Å²) in [6.45, 7) is 2.04. The number of carbonyl (C=O) groups excluding carboxylic acids is 6. The Bertz CT molecular complexity index is 3110. The molecule has 14 N–H and O–H groups in total. The van der Waals surface area contributed by atoms with Gasteiger partial charge in [0.25, 0.3) is 23.6 Å². The SMILES string of the molecule is CC(=O)N[C@@H]1[C@@H](O)C[C@](CCCCSCCNC(=O)c2ccc(C(=O)NCCSCCCC[C@]3(C(=O)O)C[C@H](O)[C@@H](NC(C)=O)[C@H](C(O)[C@H](O)CNC(=O)c4ccc(-c5ccccc5)cc4)O3)cc2)(C(=O)O)O[C@H]1C(O)[C@H](O)CNC(=O)c1ccc(-c2ccccc2)cc1.[Na+]. The van der Waals surface area contributed by atoms with Crippen LogP contribution in [0.15, 0.2) is 133 Å². The Hall–Kier alpha value is -6.76. The summed E-state index contributed by atoms with van der Waals surface area (Å²) in [7, 11) is 0. The number of amides is 6. The predicted molar refractivity (Wildman–Crippen MR) is 353 cm³/mol. The number of carboxylic acid groups (broad SMARTS) is 2. The molecule has 506 valence electrons. The zero-order chi connectivity index (χ0) is 68.0. The minimum absolute atomic E-state index is 0. The standard InChI is InChI=1S/C68H84N6O18S2.Na/c1-41(75)73-55-51(77)37-67(65(87)88,91-59(55)57(81)53(79)39-71-63(85)49-21-17-45(18-22-49)43-13-5-3-6-14-43)29-9-11-33-93-35-31-69-61(83)47-25-27-48(28-26-47)62(84)70-32-36-94-34-12-10-30-68(66(89)90)38-52(78)56(74-42(2)76)60(92-68)58(82)54(80)40-72-64(86)50-23-19-46(20-24-50)44-15-7-4-8-16-44;/h3-8,13-28,51-60,77-82H,9-12,29-40H2,1-2H3,(H,69,83)(H,70,84)(H,71,85)(H,72,86)(H,73,75)(H,74,76)(H,87,88)(H,89,90);/q;+1/t51-,52-,53+,54+,55+,56+,57?,58?,59+,60+,67+,68+;/m0./s1. The molecule has 2 saturated heterocycles. The zero-order valence-electron chi connectivity index (χ0n) is 53.3. The molecule has 0 radical (unpaired) electrons. The number of rotatable bonds is 34. The first-order chi connectivity index (χ1) is 45.0. The van der Waals surface area contributed by atoms with Gasteiger partial charge in [0.1, 0.15) is 24.4 Å². The molecule has 0 spiro atoms. The average molecular weight is 1360 g/mol. The third-order valence-corrected chi connectivity index (χ3v) is 18.6. The first kappa shape index (κ1) is 77.2. The molecule has 2 heterocycles. The maximum Gasteiger partial charge on any atom is 1.00 e. The molecule has 6 amide bonds. The van der Waals surface area contributed by atoms with Crippen molar-refractivity contribution < 1.29 is 118 Å². The number of hydrogen-bond acceptors (Lipinski definition) is 18. The Balaban J connectivity index is 0.0000143. The summed E-state index contributed by atoms with van der Waals surface area (Å²) in [6.07, 6.45) is -12.5. The van der Waals surface area contributed by atoms with E-state index in [0.717, 1.165) is 22.3 Å². The van der Waals surface area contributed by atoms with Crippen LogP contribution in [-0.4, -0.2) is 210 Å². The first-order valence-electron chi connectivity index (χ1n) is 31.2. The van der Waals surface area contributed by atoms with Gasteiger partial charge in [0, 0.05) is 86.6 Å². The van der Waals surface area contributed by atoms with Gasteiger partial charge in [-0.3, -0.25) is 28.8 Å². The molecule has 2 fully saturated rings. The van der Waals surface area contributed by atoms with E-state index in [0.29, 0.717) is 72.9 Å². The van der Waals surface area contributed by atoms with Crippen molar-refractivity contribution in [3.8, 4) is 22.3 Å². The van der Waals surface area contributed by atoms with Crippen LogP contribution in [0.1, 0.15) is 107 Å². The second-order valence-electron chi connectivity index (χ2n) is 23.4. The first-order valence-corrected chi connectivity index (χ1v) is 33.5. The largest absolute Gasteiger partial charge is 1.00 e. The molecular weight excluding hydrogens is 1280 g/mol. The molecule has 5 aromatic carbocycles. The smallest absolute Gasteiger partial charge is 0.479 e. The van der Waals surface area contributed by atoms with Gasteiger partial charge < -0.3 is 82.2 Å². The second kappa shape index (κ2) is 37.7. The average Bonchev–Trinajstić information content (AvgIpc) is 0.777. The maximum absolute atomic E-state index is 13.0. The molecule has 2 aliphatic rings. The number of ether oxygens (including phenoxy) is 2. The van der Waals surface area contributed by atoms with E-state index in [1.807, 2.05) is 60.7 Å². The van der Waals surface area contributed by atoms with E-state index >= 15 is 0 Å². The van der Waals surface area contributed by atoms with Gasteiger partial charge in [0.05, 0.1) is 36.5 Å². The molecular formula is C68H84N6NaO18S2+. The molecule has 0 saturated carbocycles. The molecule has 5 aromatic rings. The van der Waals surface area contributed by atoms with Crippen molar-refractivity contribution in [2.24, 2.45) is 0 Å². The van der Waals surface area contributed by atoms with Crippen LogP contribution in [0.3, 0.4) is 0 Å². The van der Waals surface area contributed by atoms with Crippen LogP contribution in [-0.2, 0) is 28.7 Å². The van der Waals surface area contributed by atoms with Crippen LogP contribution in [0.2, 0.25) is 0 Å². The summed E-state index contributed by atoms with van der Waals surface area (Å²) in [6, 6.07) is 36.2. The Morgan fingerprint density at radius 3 is 1.07 bits per heavy atom. The number of carboxylic acids is 2. The van der Waals surface area contributed by atoms with E-state index in [2.05, 4.69) is 31.9 Å². The Labute approximate surface area is 581 Å². The topological polar surface area (TPSA) is 389 Å². The van der Waals surface area contributed by atoms with E-state index < -0.39 is 134 Å². The molecule has 0 bridgehead atoms. The third-order valence-electron chi connectivity index (χ3n) is 16.5. The summed E-state index contributed by atoms with van der Waals surface area (Å²) in [5.74, 6) is -3.61. The summed E-state index contributed by atoms with van der Waals surface area (Å²) < 4.78 is 12.1. The van der Waals surface area contributed by atoms with Gasteiger partial charge in [-0.2, -0.15) is 23.5 Å². The van der Waals surface area contributed by atoms with E-state index in [-0.39, 0.29) is 65.3 Å². The van der Waals surface area contributed by atoms with E-state index in [1.54, 1.807) is 48.5 Å². The number of unbranched alkanes of at least 4 members (excludes halogenated alkanes) is 2. The van der Waals surface area contributed by atoms with Crippen LogP contribution >= 0.6 is 23.5 Å². The minimum Gasteiger partial charge on any atom is -0.479 e. The van der Waals surface area contributed by atoms with Crippen LogP contribution in [0.4, 0.5) is 0 Å². The Morgan fingerprint density at radius 1 is 0.453 bits per heavy atom. The van der Waals surface area contributed by atoms with Crippen LogP contribution in [0.25, 0.3) is 22.3 Å². The number of thioether (sulfide) groups is 2. The number of carbonyl (C=O) groups is 8. The number of aliphatic hydroxyl groups is 6. The van der Waals surface area contributed by atoms with Gasteiger partial charge in [0.15, 0.2) is 11.2 Å². The normalized spacial score (nSPS) is 22.0. The fourth-order valence-corrected chi connectivity index (χ4v) is 13.1. The van der Waals surface area contributed by atoms with Crippen molar-refractivity contribution in [2.75, 3.05) is 49.2 Å². The van der Waals surface area contributed by atoms with Gasteiger partial charge >= 0.3 is 41.5 Å². The molecule has 12 atom stereocenters. The third kappa shape index (κ3) is 22.1. The fourth-order valence-electron chi connectivity index (χ4n) is 11.4. The quantitative estimate of drug-likeness (QED) is 0.0198.